The van der Waals surface area contributed by atoms with E-state index in [4.69, 9.17) is 12.2 Å². The molecule has 0 spiro atoms. The maximum atomic E-state index is 12.1. The Labute approximate surface area is 111 Å². The zero-order valence-electron chi connectivity index (χ0n) is 9.55. The highest BCUT2D eigenvalue weighted by molar-refractivity contribution is 8.26. The van der Waals surface area contributed by atoms with Gasteiger partial charge in [0.25, 0.3) is 5.91 Å². The van der Waals surface area contributed by atoms with Crippen molar-refractivity contribution in [1.29, 1.82) is 0 Å². The van der Waals surface area contributed by atoms with Gasteiger partial charge in [-0.05, 0) is 18.1 Å². The van der Waals surface area contributed by atoms with Crippen molar-refractivity contribution >= 4 is 40.3 Å². The van der Waals surface area contributed by atoms with Gasteiger partial charge in [-0.15, -0.1) is 0 Å². The van der Waals surface area contributed by atoms with Gasteiger partial charge in [-0.25, -0.2) is 0 Å². The first-order chi connectivity index (χ1) is 8.22. The molecule has 0 unspecified atom stereocenters. The summed E-state index contributed by atoms with van der Waals surface area (Å²) in [5.74, 6) is 0.0331. The summed E-state index contributed by atoms with van der Waals surface area (Å²) >= 11 is 6.59. The lowest BCUT2D eigenvalue weighted by Gasteiger charge is -2.11. The molecule has 0 aliphatic carbocycles. The van der Waals surface area contributed by atoms with Crippen LogP contribution in [0.2, 0.25) is 0 Å². The number of thioether (sulfide) groups is 1. The second kappa shape index (κ2) is 5.47. The van der Waals surface area contributed by atoms with E-state index in [1.165, 1.54) is 11.8 Å². The summed E-state index contributed by atoms with van der Waals surface area (Å²) in [5, 5.41) is 0. The molecule has 0 radical (unpaired) electrons. The number of thiocarbonyl (C=S) groups is 1. The molecule has 0 saturated carbocycles. The fourth-order valence-corrected chi connectivity index (χ4v) is 2.93. The van der Waals surface area contributed by atoms with Crippen molar-refractivity contribution in [3.05, 3.63) is 40.8 Å². The first-order valence-corrected chi connectivity index (χ1v) is 6.75. The van der Waals surface area contributed by atoms with E-state index in [1.54, 1.807) is 4.90 Å². The Kier molecular flexibility index (Phi) is 3.97. The highest BCUT2D eigenvalue weighted by Crippen LogP contribution is 2.32. The molecule has 1 fully saturated rings. The summed E-state index contributed by atoms with van der Waals surface area (Å²) < 4.78 is 0.666. The molecule has 4 heteroatoms. The molecule has 17 heavy (non-hydrogen) atoms. The largest absolute Gasteiger partial charge is 0.293 e. The van der Waals surface area contributed by atoms with Crippen molar-refractivity contribution in [2.45, 2.75) is 13.3 Å². The molecule has 2 rings (SSSR count). The van der Waals surface area contributed by atoms with Crippen LogP contribution in [0.25, 0.3) is 6.08 Å². The SMILES string of the molecule is CCCN1C(=O)/C(=C\c2ccccc2)SC1=S. The molecule has 1 aliphatic rings. The lowest BCUT2D eigenvalue weighted by atomic mass is 10.2. The van der Waals surface area contributed by atoms with Crippen LogP contribution in [0.15, 0.2) is 35.2 Å². The van der Waals surface area contributed by atoms with E-state index in [2.05, 4.69) is 0 Å². The van der Waals surface area contributed by atoms with Gasteiger partial charge in [-0.1, -0.05) is 61.2 Å². The number of hydrogen-bond donors (Lipinski definition) is 0. The maximum Gasteiger partial charge on any atom is 0.266 e. The summed E-state index contributed by atoms with van der Waals surface area (Å²) in [7, 11) is 0. The maximum absolute atomic E-state index is 12.1. The van der Waals surface area contributed by atoms with Gasteiger partial charge in [0.05, 0.1) is 4.91 Å². The zero-order valence-corrected chi connectivity index (χ0v) is 11.2. The van der Waals surface area contributed by atoms with Crippen LogP contribution in [0.4, 0.5) is 0 Å². The quantitative estimate of drug-likeness (QED) is 0.616. The van der Waals surface area contributed by atoms with Crippen LogP contribution in [0.1, 0.15) is 18.9 Å². The van der Waals surface area contributed by atoms with Crippen molar-refractivity contribution < 1.29 is 4.79 Å². The van der Waals surface area contributed by atoms with Crippen LogP contribution in [-0.2, 0) is 4.79 Å². The smallest absolute Gasteiger partial charge is 0.266 e. The molecular weight excluding hydrogens is 250 g/mol. The van der Waals surface area contributed by atoms with Crippen LogP contribution >= 0.6 is 24.0 Å². The number of carbonyl (C=O) groups excluding carboxylic acids is 1. The standard InChI is InChI=1S/C13H13NOS2/c1-2-8-14-12(15)11(17-13(14)16)9-10-6-4-3-5-7-10/h3-7,9H,2,8H2,1H3/b11-9+. The van der Waals surface area contributed by atoms with Gasteiger partial charge in [0, 0.05) is 6.54 Å². The number of rotatable bonds is 3. The lowest BCUT2D eigenvalue weighted by Crippen LogP contribution is -2.28. The molecule has 88 valence electrons. The van der Waals surface area contributed by atoms with E-state index in [0.717, 1.165) is 16.9 Å². The average Bonchev–Trinajstić information content (AvgIpc) is 2.59. The van der Waals surface area contributed by atoms with Gasteiger partial charge in [-0.3, -0.25) is 9.69 Å². The average molecular weight is 263 g/mol. The number of carbonyl (C=O) groups is 1. The Morgan fingerprint density at radius 2 is 2.06 bits per heavy atom. The van der Waals surface area contributed by atoms with E-state index in [0.29, 0.717) is 10.9 Å². The Morgan fingerprint density at radius 1 is 1.35 bits per heavy atom. The van der Waals surface area contributed by atoms with Gasteiger partial charge in [0.1, 0.15) is 4.32 Å². The van der Waals surface area contributed by atoms with Crippen molar-refractivity contribution in [2.24, 2.45) is 0 Å². The van der Waals surface area contributed by atoms with Gasteiger partial charge in [0.15, 0.2) is 0 Å². The molecule has 1 saturated heterocycles. The van der Waals surface area contributed by atoms with E-state index >= 15 is 0 Å². The first-order valence-electron chi connectivity index (χ1n) is 5.53. The summed E-state index contributed by atoms with van der Waals surface area (Å²) in [6, 6.07) is 9.83. The molecular formula is C13H13NOS2. The summed E-state index contributed by atoms with van der Waals surface area (Å²) in [6.45, 7) is 2.75. The van der Waals surface area contributed by atoms with E-state index < -0.39 is 0 Å². The van der Waals surface area contributed by atoms with E-state index in [1.807, 2.05) is 43.3 Å². The normalized spacial score (nSPS) is 18.2. The Balaban J connectivity index is 2.22. The van der Waals surface area contributed by atoms with Crippen LogP contribution in [0.5, 0.6) is 0 Å². The third kappa shape index (κ3) is 2.76. The van der Waals surface area contributed by atoms with Gasteiger partial charge in [0.2, 0.25) is 0 Å². The van der Waals surface area contributed by atoms with E-state index in [9.17, 15) is 4.79 Å². The Morgan fingerprint density at radius 3 is 2.71 bits per heavy atom. The predicted molar refractivity (Wildman–Crippen MR) is 76.6 cm³/mol. The first kappa shape index (κ1) is 12.3. The monoisotopic (exact) mass is 263 g/mol. The fraction of sp³-hybridized carbons (Fsp3) is 0.231. The molecule has 0 atom stereocenters. The summed E-state index contributed by atoms with van der Waals surface area (Å²) in [6.07, 6.45) is 2.82. The van der Waals surface area contributed by atoms with Gasteiger partial charge < -0.3 is 0 Å². The number of nitrogens with zero attached hydrogens (tertiary/aromatic N) is 1. The minimum Gasteiger partial charge on any atom is -0.293 e. The second-order valence-corrected chi connectivity index (χ2v) is 5.42. The summed E-state index contributed by atoms with van der Waals surface area (Å²) in [4.78, 5) is 14.5. The highest BCUT2D eigenvalue weighted by Gasteiger charge is 2.30. The predicted octanol–water partition coefficient (Wildman–Crippen LogP) is 3.30. The van der Waals surface area contributed by atoms with Crippen LogP contribution in [0.3, 0.4) is 0 Å². The third-order valence-electron chi connectivity index (χ3n) is 2.42. The zero-order chi connectivity index (χ0) is 12.3. The summed E-state index contributed by atoms with van der Waals surface area (Å²) in [5.41, 5.74) is 1.03. The van der Waals surface area contributed by atoms with Crippen LogP contribution in [0, 0.1) is 0 Å². The Hall–Kier alpha value is -1.13. The molecule has 2 nitrogen and oxygen atoms in total. The van der Waals surface area contributed by atoms with Gasteiger partial charge in [-0.2, -0.15) is 0 Å². The molecule has 1 aromatic carbocycles. The Bertz CT molecular complexity index is 468. The fourth-order valence-electron chi connectivity index (χ4n) is 1.62. The van der Waals surface area contributed by atoms with Crippen molar-refractivity contribution in [2.75, 3.05) is 6.54 Å². The van der Waals surface area contributed by atoms with Crippen molar-refractivity contribution in [3.63, 3.8) is 0 Å². The molecule has 1 aromatic rings. The van der Waals surface area contributed by atoms with Crippen molar-refractivity contribution in [3.8, 4) is 0 Å². The molecule has 1 amide bonds. The topological polar surface area (TPSA) is 20.3 Å². The molecule has 1 aliphatic heterocycles. The highest BCUT2D eigenvalue weighted by atomic mass is 32.2. The molecule has 0 bridgehead atoms. The molecule has 0 N–H and O–H groups in total. The van der Waals surface area contributed by atoms with E-state index in [-0.39, 0.29) is 5.91 Å². The number of benzene rings is 1. The number of amides is 1. The second-order valence-electron chi connectivity index (χ2n) is 3.74. The molecule has 1 heterocycles. The van der Waals surface area contributed by atoms with Crippen LogP contribution in [-0.4, -0.2) is 21.7 Å². The minimum absolute atomic E-state index is 0.0331. The number of hydrogen-bond acceptors (Lipinski definition) is 3. The molecule has 0 aromatic heterocycles. The van der Waals surface area contributed by atoms with Crippen molar-refractivity contribution in [1.82, 2.24) is 4.90 Å². The minimum atomic E-state index is 0.0331. The lowest BCUT2D eigenvalue weighted by molar-refractivity contribution is -0.122. The van der Waals surface area contributed by atoms with Crippen LogP contribution < -0.4 is 0 Å². The third-order valence-corrected chi connectivity index (χ3v) is 3.80. The van der Waals surface area contributed by atoms with Gasteiger partial charge >= 0.3 is 0 Å².